The Morgan fingerprint density at radius 2 is 2.21 bits per heavy atom. The maximum Gasteiger partial charge on any atom is 0.269 e. The predicted octanol–water partition coefficient (Wildman–Crippen LogP) is 1.97. The second-order valence-corrected chi connectivity index (χ2v) is 5.02. The van der Waals surface area contributed by atoms with Gasteiger partial charge in [-0.15, -0.1) is 0 Å². The Bertz CT molecular complexity index is 516. The molecule has 1 aromatic rings. The lowest BCUT2D eigenvalue weighted by Crippen LogP contribution is -2.23. The van der Waals surface area contributed by atoms with Crippen LogP contribution in [0, 0.1) is 23.0 Å². The number of nitrogens with zero attached hydrogens (tertiary/aromatic N) is 1. The normalized spacial score (nSPS) is 22.2. The van der Waals surface area contributed by atoms with Gasteiger partial charge >= 0.3 is 0 Å². The average Bonchev–Trinajstić information content (AvgIpc) is 2.78. The zero-order valence-electron chi connectivity index (χ0n) is 10.8. The van der Waals surface area contributed by atoms with E-state index in [0.717, 1.165) is 12.8 Å². The van der Waals surface area contributed by atoms with E-state index >= 15 is 0 Å². The lowest BCUT2D eigenvalue weighted by atomic mass is 10.1. The van der Waals surface area contributed by atoms with Gasteiger partial charge in [-0.05, 0) is 37.8 Å². The molecule has 6 heteroatoms. The highest BCUT2D eigenvalue weighted by Gasteiger charge is 2.28. The number of amides is 1. The number of anilines is 1. The number of nitro benzene ring substituents is 1. The molecular formula is C13H17N3O3. The van der Waals surface area contributed by atoms with Gasteiger partial charge < -0.3 is 11.1 Å². The molecule has 0 saturated heterocycles. The van der Waals surface area contributed by atoms with Gasteiger partial charge in [0.2, 0.25) is 5.91 Å². The van der Waals surface area contributed by atoms with E-state index < -0.39 is 4.92 Å². The first kappa shape index (κ1) is 13.5. The fourth-order valence-corrected chi connectivity index (χ4v) is 2.39. The van der Waals surface area contributed by atoms with Crippen LogP contribution >= 0.6 is 0 Å². The van der Waals surface area contributed by atoms with E-state index in [0.29, 0.717) is 17.7 Å². The molecule has 1 amide bonds. The van der Waals surface area contributed by atoms with Gasteiger partial charge in [-0.25, -0.2) is 0 Å². The van der Waals surface area contributed by atoms with Crippen molar-refractivity contribution in [1.29, 1.82) is 0 Å². The smallest absolute Gasteiger partial charge is 0.269 e. The van der Waals surface area contributed by atoms with Crippen molar-refractivity contribution in [1.82, 2.24) is 0 Å². The second-order valence-electron chi connectivity index (χ2n) is 5.02. The Balaban J connectivity index is 2.07. The van der Waals surface area contributed by atoms with E-state index in [-0.39, 0.29) is 23.6 Å². The van der Waals surface area contributed by atoms with Crippen molar-refractivity contribution >= 4 is 17.3 Å². The molecule has 102 valence electrons. The van der Waals surface area contributed by atoms with Crippen molar-refractivity contribution in [3.8, 4) is 0 Å². The summed E-state index contributed by atoms with van der Waals surface area (Å²) in [5, 5.41) is 13.5. The zero-order chi connectivity index (χ0) is 14.0. The van der Waals surface area contributed by atoms with Gasteiger partial charge in [-0.3, -0.25) is 14.9 Å². The van der Waals surface area contributed by atoms with Gasteiger partial charge in [0.1, 0.15) is 0 Å². The van der Waals surface area contributed by atoms with Crippen LogP contribution in [0.1, 0.15) is 24.8 Å². The first-order valence-corrected chi connectivity index (χ1v) is 6.29. The minimum Gasteiger partial charge on any atom is -0.328 e. The first-order valence-electron chi connectivity index (χ1n) is 6.29. The largest absolute Gasteiger partial charge is 0.328 e. The van der Waals surface area contributed by atoms with Crippen LogP contribution in [0.3, 0.4) is 0 Å². The molecule has 0 aliphatic heterocycles. The van der Waals surface area contributed by atoms with E-state index in [2.05, 4.69) is 5.32 Å². The summed E-state index contributed by atoms with van der Waals surface area (Å²) in [6.07, 6.45) is 2.38. The van der Waals surface area contributed by atoms with E-state index in [4.69, 9.17) is 5.73 Å². The molecule has 3 N–H and O–H groups in total. The molecule has 2 atom stereocenters. The molecular weight excluding hydrogens is 246 g/mol. The van der Waals surface area contributed by atoms with E-state index in [1.807, 2.05) is 0 Å². The molecule has 1 aromatic carbocycles. The maximum absolute atomic E-state index is 12.0. The lowest BCUT2D eigenvalue weighted by molar-refractivity contribution is -0.384. The van der Waals surface area contributed by atoms with Gasteiger partial charge in [0.05, 0.1) is 4.92 Å². The molecule has 1 saturated carbocycles. The third-order valence-corrected chi connectivity index (χ3v) is 3.52. The molecule has 1 aliphatic carbocycles. The van der Waals surface area contributed by atoms with Crippen LogP contribution in [0.4, 0.5) is 11.4 Å². The van der Waals surface area contributed by atoms with Gasteiger partial charge in [-0.2, -0.15) is 0 Å². The molecule has 1 fully saturated rings. The van der Waals surface area contributed by atoms with Crippen LogP contribution in [-0.2, 0) is 4.79 Å². The van der Waals surface area contributed by atoms with Crippen molar-refractivity contribution in [3.05, 3.63) is 33.9 Å². The fraction of sp³-hybridized carbons (Fsp3) is 0.462. The summed E-state index contributed by atoms with van der Waals surface area (Å²) in [6, 6.07) is 4.52. The summed E-state index contributed by atoms with van der Waals surface area (Å²) in [7, 11) is 0. The summed E-state index contributed by atoms with van der Waals surface area (Å²) in [5.41, 5.74) is 7.12. The van der Waals surface area contributed by atoms with Crippen molar-refractivity contribution in [2.24, 2.45) is 11.7 Å². The second kappa shape index (κ2) is 5.36. The number of hydrogen-bond acceptors (Lipinski definition) is 4. The zero-order valence-corrected chi connectivity index (χ0v) is 10.8. The van der Waals surface area contributed by atoms with Crippen molar-refractivity contribution in [3.63, 3.8) is 0 Å². The number of nitrogens with two attached hydrogens (primary N) is 1. The summed E-state index contributed by atoms with van der Waals surface area (Å²) in [6.45, 7) is 1.74. The number of aryl methyl sites for hydroxylation is 1. The van der Waals surface area contributed by atoms with Crippen molar-refractivity contribution < 1.29 is 9.72 Å². The monoisotopic (exact) mass is 263 g/mol. The molecule has 0 radical (unpaired) electrons. The van der Waals surface area contributed by atoms with E-state index in [1.165, 1.54) is 12.1 Å². The molecule has 6 nitrogen and oxygen atoms in total. The summed E-state index contributed by atoms with van der Waals surface area (Å²) >= 11 is 0. The number of nitrogens with one attached hydrogen (secondary N) is 1. The molecule has 2 unspecified atom stereocenters. The number of nitro groups is 1. The fourth-order valence-electron chi connectivity index (χ4n) is 2.39. The van der Waals surface area contributed by atoms with Gasteiger partial charge in [0, 0.05) is 29.8 Å². The number of rotatable bonds is 3. The van der Waals surface area contributed by atoms with Gasteiger partial charge in [-0.1, -0.05) is 0 Å². The summed E-state index contributed by atoms with van der Waals surface area (Å²) < 4.78 is 0. The maximum atomic E-state index is 12.0. The highest BCUT2D eigenvalue weighted by molar-refractivity contribution is 5.93. The van der Waals surface area contributed by atoms with Crippen molar-refractivity contribution in [2.45, 2.75) is 32.2 Å². The third kappa shape index (κ3) is 3.08. The van der Waals surface area contributed by atoms with E-state index in [9.17, 15) is 14.9 Å². The highest BCUT2D eigenvalue weighted by atomic mass is 16.6. The molecule has 2 rings (SSSR count). The number of carbonyl (C=O) groups excluding carboxylic acids is 1. The molecule has 19 heavy (non-hydrogen) atoms. The summed E-state index contributed by atoms with van der Waals surface area (Å²) in [4.78, 5) is 22.2. The topological polar surface area (TPSA) is 98.3 Å². The minimum atomic E-state index is -0.450. The number of non-ortho nitro benzene ring substituents is 1. The number of benzene rings is 1. The van der Waals surface area contributed by atoms with Crippen LogP contribution < -0.4 is 11.1 Å². The predicted molar refractivity (Wildman–Crippen MR) is 71.8 cm³/mol. The molecule has 0 spiro atoms. The quantitative estimate of drug-likeness (QED) is 0.643. The third-order valence-electron chi connectivity index (χ3n) is 3.52. The number of carbonyl (C=O) groups is 1. The van der Waals surface area contributed by atoms with E-state index in [1.54, 1.807) is 13.0 Å². The first-order chi connectivity index (χ1) is 8.97. The van der Waals surface area contributed by atoms with Crippen LogP contribution in [0.5, 0.6) is 0 Å². The SMILES string of the molecule is Cc1cc([N+](=O)[O-])ccc1NC(=O)C1CCC(N)C1. The standard InChI is InChI=1S/C13H17N3O3/c1-8-6-11(16(18)19)4-5-12(8)15-13(17)9-2-3-10(14)7-9/h4-6,9-10H,2-3,7,14H2,1H3,(H,15,17). The molecule has 0 bridgehead atoms. The Hall–Kier alpha value is -1.95. The molecule has 0 aromatic heterocycles. The Morgan fingerprint density at radius 1 is 1.47 bits per heavy atom. The van der Waals surface area contributed by atoms with Crippen LogP contribution in [0.15, 0.2) is 18.2 Å². The molecule has 0 heterocycles. The Morgan fingerprint density at radius 3 is 2.74 bits per heavy atom. The van der Waals surface area contributed by atoms with Crippen molar-refractivity contribution in [2.75, 3.05) is 5.32 Å². The Kier molecular flexibility index (Phi) is 3.80. The average molecular weight is 263 g/mol. The highest BCUT2D eigenvalue weighted by Crippen LogP contribution is 2.27. The van der Waals surface area contributed by atoms with Crippen LogP contribution in [-0.4, -0.2) is 16.9 Å². The van der Waals surface area contributed by atoms with Gasteiger partial charge in [0.25, 0.3) is 5.69 Å². The van der Waals surface area contributed by atoms with Crippen LogP contribution in [0.25, 0.3) is 0 Å². The van der Waals surface area contributed by atoms with Crippen LogP contribution in [0.2, 0.25) is 0 Å². The molecule has 1 aliphatic rings. The minimum absolute atomic E-state index is 0.0263. The van der Waals surface area contributed by atoms with Gasteiger partial charge in [0.15, 0.2) is 0 Å². The lowest BCUT2D eigenvalue weighted by Gasteiger charge is -2.12. The number of hydrogen-bond donors (Lipinski definition) is 2. The Labute approximate surface area is 111 Å². The summed E-state index contributed by atoms with van der Waals surface area (Å²) in [5.74, 6) is -0.102.